The zero-order chi connectivity index (χ0) is 95.1. The summed E-state index contributed by atoms with van der Waals surface area (Å²) in [7, 11) is 0. The first-order valence-electron chi connectivity index (χ1n) is 48.1. The van der Waals surface area contributed by atoms with Crippen LogP contribution in [0.1, 0.15) is 172 Å². The highest BCUT2D eigenvalue weighted by Crippen LogP contribution is 2.54. The van der Waals surface area contributed by atoms with Crippen molar-refractivity contribution in [3.8, 4) is 0 Å². The highest BCUT2D eigenvalue weighted by molar-refractivity contribution is 7.31. The van der Waals surface area contributed by atoms with Crippen LogP contribution in [0.3, 0.4) is 0 Å². The molecule has 0 aliphatic carbocycles. The van der Waals surface area contributed by atoms with Gasteiger partial charge in [0, 0.05) is 149 Å². The summed E-state index contributed by atoms with van der Waals surface area (Å²) in [6, 6.07) is 112. The van der Waals surface area contributed by atoms with Crippen LogP contribution in [0.2, 0.25) is 0 Å². The van der Waals surface area contributed by atoms with Gasteiger partial charge in [0.05, 0.1) is 0 Å². The van der Waals surface area contributed by atoms with Crippen molar-refractivity contribution in [2.45, 2.75) is 188 Å². The lowest BCUT2D eigenvalue weighted by molar-refractivity contribution is 0.590. The molecule has 0 unspecified atom stereocenters. The lowest BCUT2D eigenvalue weighted by Gasteiger charge is -2.28. The molecule has 0 N–H and O–H groups in total. The zero-order valence-corrected chi connectivity index (χ0v) is 86.4. The molecular weight excluding hydrogens is 1720 g/mol. The molecule has 0 atom stereocenters. The van der Waals surface area contributed by atoms with Crippen molar-refractivity contribution in [1.82, 2.24) is 0 Å². The Hall–Kier alpha value is -12.9. The maximum atomic E-state index is 2.45. The zero-order valence-electron chi connectivity index (χ0n) is 83.1. The number of aryl methyl sites for hydroxylation is 8. The van der Waals surface area contributed by atoms with E-state index >= 15 is 0 Å². The number of fused-ring (bicyclic) bond motifs is 22. The van der Waals surface area contributed by atoms with Crippen LogP contribution in [0.4, 0.5) is 68.2 Å². The van der Waals surface area contributed by atoms with E-state index in [1.165, 1.54) is 247 Å². The van der Waals surface area contributed by atoms with Crippen molar-refractivity contribution in [3.05, 3.63) is 380 Å². The molecule has 0 fully saturated rings. The number of nitrogens with zero attached hydrogens (tertiary/aromatic N) is 4. The molecule has 4 aromatic heterocycles. The summed E-state index contributed by atoms with van der Waals surface area (Å²) >= 11 is 7.77. The highest BCUT2D eigenvalue weighted by atomic mass is 32.1. The Morgan fingerprint density at radius 2 is 0.346 bits per heavy atom. The summed E-state index contributed by atoms with van der Waals surface area (Å²) in [4.78, 5) is 9.73. The average Bonchev–Trinajstić information content (AvgIpc) is 1.56. The van der Waals surface area contributed by atoms with Crippen molar-refractivity contribution < 1.29 is 0 Å². The van der Waals surface area contributed by atoms with E-state index in [4.69, 9.17) is 0 Å². The Labute approximate surface area is 818 Å². The molecule has 8 heteroatoms. The fourth-order valence-corrected chi connectivity index (χ4v) is 26.1. The Morgan fingerprint density at radius 1 is 0.162 bits per heavy atom. The normalized spacial score (nSPS) is 12.4. The van der Waals surface area contributed by atoms with Gasteiger partial charge in [0.25, 0.3) is 0 Å². The number of hydrogen-bond acceptors (Lipinski definition) is 8. The van der Waals surface area contributed by atoms with Crippen LogP contribution in [-0.4, -0.2) is 0 Å². The Bertz CT molecular complexity index is 8310. The summed E-state index contributed by atoms with van der Waals surface area (Å²) in [6.07, 6.45) is 0. The second kappa shape index (κ2) is 33.5. The number of anilines is 12. The number of hydrogen-bond donors (Lipinski definition) is 0. The van der Waals surface area contributed by atoms with Crippen LogP contribution in [0.5, 0.6) is 0 Å². The lowest BCUT2D eigenvalue weighted by Crippen LogP contribution is -2.14. The van der Waals surface area contributed by atoms with Crippen LogP contribution in [0.15, 0.2) is 291 Å². The summed E-state index contributed by atoms with van der Waals surface area (Å²) in [5.41, 5.74) is 35.6. The fraction of sp³-hybridized carbons (Fsp3) is 0.219. The molecule has 18 aromatic carbocycles. The van der Waals surface area contributed by atoms with Crippen LogP contribution >= 0.6 is 45.3 Å². The summed E-state index contributed by atoms with van der Waals surface area (Å²) in [5.74, 6) is 0. The molecule has 0 spiro atoms. The summed E-state index contributed by atoms with van der Waals surface area (Å²) < 4.78 is 10.8. The van der Waals surface area contributed by atoms with Gasteiger partial charge in [-0.1, -0.05) is 217 Å². The van der Waals surface area contributed by atoms with Crippen molar-refractivity contribution in [1.29, 1.82) is 0 Å². The molecule has 0 radical (unpaired) electrons. The molecule has 0 bridgehead atoms. The van der Waals surface area contributed by atoms with Crippen molar-refractivity contribution in [2.24, 2.45) is 0 Å². The van der Waals surface area contributed by atoms with Crippen molar-refractivity contribution in [2.75, 3.05) is 19.6 Å². The Balaban J connectivity index is 0.000000163. The van der Waals surface area contributed by atoms with E-state index in [-0.39, 0.29) is 21.7 Å². The SMILES string of the molecule is CC(C)(C)c1ccc(N(c2ccc(C(C)(C)C)cc2)c2ccc3c(ccc4c5ccc6sc7c8ccc(N(c9ccc(C(C)(C)C)cc9)c9ccc(C(C)(C)C)cc9)cc8ccc7c6c5sc34)c2)cc1.Cc1cc(N(c2cc(C)c(C)c(C)c2)c2ccc3c(ccc4c5ccc6sc7c8ccc(N(c9cc(C)c(C)c(C)c9)c9cc(C)c(C)c(C)c9)cc8ccc7c6c5sc34)c2)cc(C)c1C. The Kier molecular flexibility index (Phi) is 22.1. The summed E-state index contributed by atoms with van der Waals surface area (Å²) in [6.45, 7) is 54.1. The number of rotatable bonds is 12. The van der Waals surface area contributed by atoms with Gasteiger partial charge < -0.3 is 19.6 Å². The minimum absolute atomic E-state index is 0.0812. The minimum Gasteiger partial charge on any atom is -0.310 e. The van der Waals surface area contributed by atoms with E-state index in [1.807, 2.05) is 45.3 Å². The molecule has 0 aliphatic heterocycles. The van der Waals surface area contributed by atoms with Crippen molar-refractivity contribution >= 4 is 237 Å². The van der Waals surface area contributed by atoms with E-state index in [2.05, 4.69) is 477 Å². The van der Waals surface area contributed by atoms with Crippen molar-refractivity contribution in [3.63, 3.8) is 0 Å². The molecule has 4 heterocycles. The molecular formula is C128H120N4S4. The standard InChI is InChI=1S/C66H64N2S2.C62H56N2S2/c1-63(2,3)43-15-23-47(24-16-43)67(48-25-17-44(18-26-48)64(4,5)6)51-31-35-53-41(39-51)13-33-55-56-37-38-58-59(62(56)70-60(53)55)57-34-14-42-40-52(32-36-54(42)61(57)69-58)68(49-27-19-45(20-28-49)65(7,8)9)50-29-21-46(22-30-50)66(10,11)12;1-33-23-49(24-34(2)41(33)9)63(50-25-35(3)42(10)36(4)26-50)47-15-19-53-45(31-47)13-17-55-56-21-22-58-59(62(56)66-60(53)55)57-18-14-46-32-48(16-20-54(46)61(57)65-58)64(51-27-37(5)43(11)38(6)28-51)52-29-39(7)44(12)40(8)30-52/h13-40H,1-12H3;13-32H,1-12H3. The van der Waals surface area contributed by atoms with E-state index < -0.39 is 0 Å². The molecule has 136 heavy (non-hydrogen) atoms. The predicted octanol–water partition coefficient (Wildman–Crippen LogP) is 40.2. The molecule has 22 aromatic rings. The molecule has 22 rings (SSSR count). The third kappa shape index (κ3) is 15.7. The third-order valence-corrected chi connectivity index (χ3v) is 34.6. The first-order chi connectivity index (χ1) is 64.8. The third-order valence-electron chi connectivity index (χ3n) is 29.7. The molecule has 0 saturated heterocycles. The van der Waals surface area contributed by atoms with E-state index in [9.17, 15) is 0 Å². The quantitative estimate of drug-likeness (QED) is 0.121. The van der Waals surface area contributed by atoms with Gasteiger partial charge in [0.1, 0.15) is 0 Å². The number of benzene rings is 18. The summed E-state index contributed by atoms with van der Waals surface area (Å²) in [5, 5.41) is 21.0. The topological polar surface area (TPSA) is 13.0 Å². The van der Waals surface area contributed by atoms with Gasteiger partial charge in [-0.3, -0.25) is 0 Å². The van der Waals surface area contributed by atoms with Gasteiger partial charge in [-0.15, -0.1) is 45.3 Å². The largest absolute Gasteiger partial charge is 0.310 e. The van der Waals surface area contributed by atoms with E-state index in [0.29, 0.717) is 0 Å². The van der Waals surface area contributed by atoms with E-state index in [1.54, 1.807) is 0 Å². The predicted molar refractivity (Wildman–Crippen MR) is 605 cm³/mol. The van der Waals surface area contributed by atoms with Gasteiger partial charge >= 0.3 is 0 Å². The maximum Gasteiger partial charge on any atom is 0.0468 e. The van der Waals surface area contributed by atoms with Crippen LogP contribution in [0, 0.1) is 83.1 Å². The van der Waals surface area contributed by atoms with Crippen LogP contribution in [0.25, 0.3) is 124 Å². The lowest BCUT2D eigenvalue weighted by atomic mass is 9.86. The van der Waals surface area contributed by atoms with Gasteiger partial charge in [-0.25, -0.2) is 0 Å². The van der Waals surface area contributed by atoms with Gasteiger partial charge in [0.15, 0.2) is 0 Å². The minimum atomic E-state index is 0.0812. The first-order valence-corrected chi connectivity index (χ1v) is 51.4. The fourth-order valence-electron chi connectivity index (χ4n) is 20.6. The molecule has 0 amide bonds. The monoisotopic (exact) mass is 1840 g/mol. The second-order valence-corrected chi connectivity index (χ2v) is 46.9. The smallest absolute Gasteiger partial charge is 0.0468 e. The van der Waals surface area contributed by atoms with Gasteiger partial charge in [-0.2, -0.15) is 0 Å². The molecule has 0 aliphatic rings. The second-order valence-electron chi connectivity index (χ2n) is 42.8. The first kappa shape index (κ1) is 89.6. The average molecular weight is 1840 g/mol. The highest BCUT2D eigenvalue weighted by Gasteiger charge is 2.28. The van der Waals surface area contributed by atoms with Gasteiger partial charge in [0.2, 0.25) is 0 Å². The van der Waals surface area contributed by atoms with Gasteiger partial charge in [-0.05, 0) is 395 Å². The Morgan fingerprint density at radius 3 is 0.574 bits per heavy atom. The molecule has 676 valence electrons. The van der Waals surface area contributed by atoms with E-state index in [0.717, 1.165) is 34.1 Å². The molecule has 4 nitrogen and oxygen atoms in total. The molecule has 0 saturated carbocycles. The van der Waals surface area contributed by atoms with Crippen LogP contribution in [-0.2, 0) is 21.7 Å². The number of thiophene rings is 4. The van der Waals surface area contributed by atoms with Crippen LogP contribution < -0.4 is 19.6 Å². The maximum absolute atomic E-state index is 2.45.